The molecule has 0 aliphatic carbocycles. The molecule has 2 aromatic rings. The third kappa shape index (κ3) is 2.43. The second-order valence-electron chi connectivity index (χ2n) is 5.47. The zero-order chi connectivity index (χ0) is 13.2. The van der Waals surface area contributed by atoms with Crippen molar-refractivity contribution in [3.05, 3.63) is 36.5 Å². The van der Waals surface area contributed by atoms with Crippen LogP contribution in [0.2, 0.25) is 0 Å². The highest BCUT2D eigenvalue weighted by Crippen LogP contribution is 2.25. The van der Waals surface area contributed by atoms with Gasteiger partial charge >= 0.3 is 0 Å². The third-order valence-electron chi connectivity index (χ3n) is 4.00. The fourth-order valence-electron chi connectivity index (χ4n) is 2.81. The monoisotopic (exact) mass is 255 g/mol. The molecule has 0 unspecified atom stereocenters. The maximum absolute atomic E-state index is 4.61. The van der Waals surface area contributed by atoms with Crippen LogP contribution in [0.3, 0.4) is 0 Å². The Balaban J connectivity index is 1.86. The minimum absolute atomic E-state index is 0.641. The Morgan fingerprint density at radius 3 is 2.47 bits per heavy atom. The second kappa shape index (κ2) is 5.17. The van der Waals surface area contributed by atoms with Crippen LogP contribution in [0, 0.1) is 0 Å². The van der Waals surface area contributed by atoms with Crippen LogP contribution in [0.25, 0.3) is 10.8 Å². The fraction of sp³-hybridized carbons (Fsp3) is 0.438. The molecule has 0 bridgehead atoms. The van der Waals surface area contributed by atoms with Crippen LogP contribution >= 0.6 is 0 Å². The van der Waals surface area contributed by atoms with Crippen molar-refractivity contribution in [2.45, 2.75) is 19.9 Å². The van der Waals surface area contributed by atoms with E-state index < -0.39 is 0 Å². The molecule has 3 rings (SSSR count). The number of benzene rings is 1. The lowest BCUT2D eigenvalue weighted by molar-refractivity contribution is 0.209. The standard InChI is InChI=1S/C16H21N3/c1-13(2)18-9-11-19(12-10-18)16-15-6-4-3-5-14(15)7-8-17-16/h3-8,13H,9-12H2,1-2H3. The smallest absolute Gasteiger partial charge is 0.136 e. The highest BCUT2D eigenvalue weighted by molar-refractivity contribution is 5.92. The Kier molecular flexibility index (Phi) is 3.38. The third-order valence-corrected chi connectivity index (χ3v) is 4.00. The summed E-state index contributed by atoms with van der Waals surface area (Å²) in [6.07, 6.45) is 1.92. The van der Waals surface area contributed by atoms with Crippen molar-refractivity contribution in [3.8, 4) is 0 Å². The van der Waals surface area contributed by atoms with Gasteiger partial charge < -0.3 is 4.90 Å². The van der Waals surface area contributed by atoms with Crippen molar-refractivity contribution in [3.63, 3.8) is 0 Å². The summed E-state index contributed by atoms with van der Waals surface area (Å²) in [4.78, 5) is 9.56. The highest BCUT2D eigenvalue weighted by atomic mass is 15.3. The summed E-state index contributed by atoms with van der Waals surface area (Å²) >= 11 is 0. The Bertz CT molecular complexity index is 551. The minimum Gasteiger partial charge on any atom is -0.354 e. The summed E-state index contributed by atoms with van der Waals surface area (Å²) in [6.45, 7) is 8.93. The molecule has 2 heterocycles. The van der Waals surface area contributed by atoms with Crippen molar-refractivity contribution in [1.82, 2.24) is 9.88 Å². The molecule has 0 amide bonds. The average Bonchev–Trinajstić information content (AvgIpc) is 2.47. The van der Waals surface area contributed by atoms with Crippen LogP contribution in [0.15, 0.2) is 36.5 Å². The Morgan fingerprint density at radius 2 is 1.74 bits per heavy atom. The molecule has 100 valence electrons. The molecule has 1 aliphatic heterocycles. The van der Waals surface area contributed by atoms with Gasteiger partial charge in [0.1, 0.15) is 5.82 Å². The number of nitrogens with zero attached hydrogens (tertiary/aromatic N) is 3. The molecule has 0 N–H and O–H groups in total. The van der Waals surface area contributed by atoms with E-state index in [1.807, 2.05) is 6.20 Å². The van der Waals surface area contributed by atoms with E-state index >= 15 is 0 Å². The van der Waals surface area contributed by atoms with E-state index in [4.69, 9.17) is 0 Å². The van der Waals surface area contributed by atoms with Gasteiger partial charge in [-0.1, -0.05) is 24.3 Å². The molecule has 19 heavy (non-hydrogen) atoms. The van der Waals surface area contributed by atoms with Gasteiger partial charge in [-0.3, -0.25) is 4.90 Å². The fourth-order valence-corrected chi connectivity index (χ4v) is 2.81. The van der Waals surface area contributed by atoms with Crippen LogP contribution < -0.4 is 4.90 Å². The maximum atomic E-state index is 4.61. The van der Waals surface area contributed by atoms with Gasteiger partial charge in [-0.15, -0.1) is 0 Å². The molecule has 0 atom stereocenters. The molecule has 1 fully saturated rings. The molecule has 0 saturated carbocycles. The summed E-state index contributed by atoms with van der Waals surface area (Å²) < 4.78 is 0. The van der Waals surface area contributed by atoms with Crippen LogP contribution in [0.4, 0.5) is 5.82 Å². The Hall–Kier alpha value is -1.61. The van der Waals surface area contributed by atoms with E-state index in [0.29, 0.717) is 6.04 Å². The largest absolute Gasteiger partial charge is 0.354 e. The van der Waals surface area contributed by atoms with Crippen LogP contribution in [0.1, 0.15) is 13.8 Å². The molecular formula is C16H21N3. The summed E-state index contributed by atoms with van der Waals surface area (Å²) in [5.41, 5.74) is 0. The molecule has 0 radical (unpaired) electrons. The summed E-state index contributed by atoms with van der Waals surface area (Å²) in [5, 5.41) is 2.54. The Morgan fingerprint density at radius 1 is 1.00 bits per heavy atom. The molecule has 1 saturated heterocycles. The van der Waals surface area contributed by atoms with Gasteiger partial charge in [0, 0.05) is 43.8 Å². The predicted octanol–water partition coefficient (Wildman–Crippen LogP) is 2.77. The Labute approximate surface area is 114 Å². The molecule has 1 aromatic carbocycles. The lowest BCUT2D eigenvalue weighted by atomic mass is 10.1. The number of rotatable bonds is 2. The predicted molar refractivity (Wildman–Crippen MR) is 80.7 cm³/mol. The van der Waals surface area contributed by atoms with Gasteiger partial charge in [0.15, 0.2) is 0 Å². The first-order valence-corrected chi connectivity index (χ1v) is 7.08. The zero-order valence-electron chi connectivity index (χ0n) is 11.7. The molecular weight excluding hydrogens is 234 g/mol. The van der Waals surface area contributed by atoms with Crippen LogP contribution in [-0.2, 0) is 0 Å². The van der Waals surface area contributed by atoms with Crippen LogP contribution in [0.5, 0.6) is 0 Å². The number of pyridine rings is 1. The maximum Gasteiger partial charge on any atom is 0.136 e. The first-order valence-electron chi connectivity index (χ1n) is 7.08. The topological polar surface area (TPSA) is 19.4 Å². The van der Waals surface area contributed by atoms with Gasteiger partial charge in [0.05, 0.1) is 0 Å². The highest BCUT2D eigenvalue weighted by Gasteiger charge is 2.20. The van der Waals surface area contributed by atoms with Crippen molar-refractivity contribution >= 4 is 16.6 Å². The van der Waals surface area contributed by atoms with E-state index in [1.54, 1.807) is 0 Å². The van der Waals surface area contributed by atoms with Gasteiger partial charge in [0.25, 0.3) is 0 Å². The molecule has 1 aliphatic rings. The van der Waals surface area contributed by atoms with Gasteiger partial charge in [0.2, 0.25) is 0 Å². The zero-order valence-corrected chi connectivity index (χ0v) is 11.7. The number of piperazine rings is 1. The summed E-state index contributed by atoms with van der Waals surface area (Å²) in [7, 11) is 0. The average molecular weight is 255 g/mol. The first-order chi connectivity index (χ1) is 9.25. The number of aromatic nitrogens is 1. The molecule has 1 aromatic heterocycles. The van der Waals surface area contributed by atoms with E-state index in [1.165, 1.54) is 10.8 Å². The molecule has 3 nitrogen and oxygen atoms in total. The number of fused-ring (bicyclic) bond motifs is 1. The van der Waals surface area contributed by atoms with Crippen LogP contribution in [-0.4, -0.2) is 42.1 Å². The quantitative estimate of drug-likeness (QED) is 0.822. The minimum atomic E-state index is 0.641. The van der Waals surface area contributed by atoms with Crippen molar-refractivity contribution in [1.29, 1.82) is 0 Å². The van der Waals surface area contributed by atoms with E-state index in [9.17, 15) is 0 Å². The van der Waals surface area contributed by atoms with E-state index in [-0.39, 0.29) is 0 Å². The van der Waals surface area contributed by atoms with E-state index in [2.05, 4.69) is 59.0 Å². The second-order valence-corrected chi connectivity index (χ2v) is 5.47. The number of hydrogen-bond acceptors (Lipinski definition) is 3. The van der Waals surface area contributed by atoms with Gasteiger partial charge in [-0.25, -0.2) is 4.98 Å². The lowest BCUT2D eigenvalue weighted by Gasteiger charge is -2.37. The molecule has 3 heteroatoms. The number of hydrogen-bond donors (Lipinski definition) is 0. The number of anilines is 1. The van der Waals surface area contributed by atoms with Crippen molar-refractivity contribution < 1.29 is 0 Å². The SMILES string of the molecule is CC(C)N1CCN(c2nccc3ccccc23)CC1. The summed E-state index contributed by atoms with van der Waals surface area (Å²) in [6, 6.07) is 11.2. The van der Waals surface area contributed by atoms with Gasteiger partial charge in [-0.05, 0) is 25.3 Å². The van der Waals surface area contributed by atoms with Crippen molar-refractivity contribution in [2.24, 2.45) is 0 Å². The van der Waals surface area contributed by atoms with E-state index in [0.717, 1.165) is 32.0 Å². The summed E-state index contributed by atoms with van der Waals surface area (Å²) in [5.74, 6) is 1.14. The normalized spacial score (nSPS) is 17.3. The molecule has 0 spiro atoms. The van der Waals surface area contributed by atoms with Gasteiger partial charge in [-0.2, -0.15) is 0 Å². The lowest BCUT2D eigenvalue weighted by Crippen LogP contribution is -2.49. The van der Waals surface area contributed by atoms with Crippen molar-refractivity contribution in [2.75, 3.05) is 31.1 Å². The first kappa shape index (κ1) is 12.4.